The highest BCUT2D eigenvalue weighted by Crippen LogP contribution is 2.37. The molecule has 0 unspecified atom stereocenters. The minimum absolute atomic E-state index is 0.485. The fourth-order valence-corrected chi connectivity index (χ4v) is 1.65. The van der Waals surface area contributed by atoms with Crippen LogP contribution in [0.5, 0.6) is 0 Å². The van der Waals surface area contributed by atoms with Gasteiger partial charge in [0.25, 0.3) is 6.43 Å². The third-order valence-corrected chi connectivity index (χ3v) is 2.49. The van der Waals surface area contributed by atoms with E-state index < -0.39 is 47.4 Å². The van der Waals surface area contributed by atoms with Crippen LogP contribution in [0.25, 0.3) is 0 Å². The molecule has 0 aliphatic heterocycles. The molecule has 1 aromatic rings. The van der Waals surface area contributed by atoms with E-state index in [-0.39, 0.29) is 0 Å². The molecular weight excluding hydrogens is 273 g/mol. The number of rotatable bonds is 3. The second kappa shape index (κ2) is 5.50. The van der Waals surface area contributed by atoms with Crippen molar-refractivity contribution >= 4 is 5.97 Å². The number of halogens is 5. The van der Waals surface area contributed by atoms with E-state index in [0.717, 1.165) is 14.0 Å². The first-order valence-electron chi connectivity index (χ1n) is 5.09. The van der Waals surface area contributed by atoms with Gasteiger partial charge in [-0.3, -0.25) is 9.78 Å². The van der Waals surface area contributed by atoms with E-state index in [1.54, 1.807) is 0 Å². The van der Waals surface area contributed by atoms with Gasteiger partial charge in [0.2, 0.25) is 0 Å². The molecule has 0 radical (unpaired) electrons. The molecule has 0 spiro atoms. The summed E-state index contributed by atoms with van der Waals surface area (Å²) in [6.45, 7) is 0.901. The Morgan fingerprint density at radius 1 is 1.42 bits per heavy atom. The second-order valence-corrected chi connectivity index (χ2v) is 3.72. The van der Waals surface area contributed by atoms with Crippen molar-refractivity contribution in [2.24, 2.45) is 0 Å². The summed E-state index contributed by atoms with van der Waals surface area (Å²) >= 11 is 0. The topological polar surface area (TPSA) is 39.2 Å². The van der Waals surface area contributed by atoms with Gasteiger partial charge in [-0.25, -0.2) is 8.78 Å². The molecule has 0 atom stereocenters. The van der Waals surface area contributed by atoms with E-state index in [0.29, 0.717) is 6.20 Å². The molecule has 19 heavy (non-hydrogen) atoms. The van der Waals surface area contributed by atoms with Crippen molar-refractivity contribution in [1.29, 1.82) is 0 Å². The molecule has 1 heterocycles. The summed E-state index contributed by atoms with van der Waals surface area (Å²) < 4.78 is 68.0. The monoisotopic (exact) mass is 283 g/mol. The van der Waals surface area contributed by atoms with Crippen molar-refractivity contribution in [3.8, 4) is 0 Å². The fourth-order valence-electron chi connectivity index (χ4n) is 1.65. The van der Waals surface area contributed by atoms with E-state index in [1.165, 1.54) is 0 Å². The first-order valence-corrected chi connectivity index (χ1v) is 5.09. The Bertz CT molecular complexity index is 485. The maximum absolute atomic E-state index is 12.9. The number of aromatic nitrogens is 1. The lowest BCUT2D eigenvalue weighted by Gasteiger charge is -2.17. The van der Waals surface area contributed by atoms with Crippen LogP contribution >= 0.6 is 0 Å². The van der Waals surface area contributed by atoms with Crippen LogP contribution in [0, 0.1) is 6.92 Å². The molecule has 8 heteroatoms. The molecule has 1 aromatic heterocycles. The van der Waals surface area contributed by atoms with Crippen LogP contribution in [0.1, 0.15) is 28.8 Å². The van der Waals surface area contributed by atoms with Gasteiger partial charge in [-0.05, 0) is 18.1 Å². The molecule has 0 bridgehead atoms. The molecule has 106 valence electrons. The number of methoxy groups -OCH3 is 1. The maximum atomic E-state index is 12.9. The van der Waals surface area contributed by atoms with Gasteiger partial charge in [-0.15, -0.1) is 0 Å². The highest BCUT2D eigenvalue weighted by molar-refractivity contribution is 5.73. The standard InChI is InChI=1S/C11H10F5NO2/c1-5-8(11(14,15)16)6(3-7(18)19-2)4-17-9(5)10(12)13/h4,10H,3H2,1-2H3. The summed E-state index contributed by atoms with van der Waals surface area (Å²) in [6, 6.07) is 0. The SMILES string of the molecule is COC(=O)Cc1cnc(C(F)F)c(C)c1C(F)(F)F. The van der Waals surface area contributed by atoms with Gasteiger partial charge in [0.05, 0.1) is 19.1 Å². The van der Waals surface area contributed by atoms with Crippen molar-refractivity contribution in [3.63, 3.8) is 0 Å². The summed E-state index contributed by atoms with van der Waals surface area (Å²) in [4.78, 5) is 14.3. The Morgan fingerprint density at radius 2 is 2.00 bits per heavy atom. The van der Waals surface area contributed by atoms with Crippen molar-refractivity contribution in [3.05, 3.63) is 28.6 Å². The smallest absolute Gasteiger partial charge is 0.417 e. The predicted molar refractivity (Wildman–Crippen MR) is 54.7 cm³/mol. The number of carbonyl (C=O) groups is 1. The quantitative estimate of drug-likeness (QED) is 0.632. The number of hydrogen-bond acceptors (Lipinski definition) is 3. The Hall–Kier alpha value is -1.73. The molecule has 0 saturated heterocycles. The number of nitrogens with zero attached hydrogens (tertiary/aromatic N) is 1. The van der Waals surface area contributed by atoms with E-state index in [2.05, 4.69) is 9.72 Å². The average Bonchev–Trinajstić information content (AvgIpc) is 2.26. The van der Waals surface area contributed by atoms with Gasteiger partial charge in [-0.2, -0.15) is 13.2 Å². The summed E-state index contributed by atoms with van der Waals surface area (Å²) in [5.41, 5.74) is -3.37. The summed E-state index contributed by atoms with van der Waals surface area (Å²) in [7, 11) is 1.02. The lowest BCUT2D eigenvalue weighted by atomic mass is 9.99. The van der Waals surface area contributed by atoms with Gasteiger partial charge in [-0.1, -0.05) is 0 Å². The van der Waals surface area contributed by atoms with Gasteiger partial charge >= 0.3 is 12.1 Å². The molecule has 0 aliphatic carbocycles. The highest BCUT2D eigenvalue weighted by Gasteiger charge is 2.37. The number of carbonyl (C=O) groups excluding carboxylic acids is 1. The van der Waals surface area contributed by atoms with Crippen molar-refractivity contribution in [2.75, 3.05) is 7.11 Å². The number of hydrogen-bond donors (Lipinski definition) is 0. The first-order chi connectivity index (χ1) is 8.68. The van der Waals surface area contributed by atoms with Gasteiger partial charge < -0.3 is 4.74 Å². The van der Waals surface area contributed by atoms with Crippen LogP contribution in [0.4, 0.5) is 22.0 Å². The number of alkyl halides is 5. The van der Waals surface area contributed by atoms with Gasteiger partial charge in [0.15, 0.2) is 0 Å². The predicted octanol–water partition coefficient (Wildman–Crippen LogP) is 3.06. The normalized spacial score (nSPS) is 11.8. The van der Waals surface area contributed by atoms with E-state index in [1.807, 2.05) is 0 Å². The lowest BCUT2D eigenvalue weighted by molar-refractivity contribution is -0.141. The summed E-state index contributed by atoms with van der Waals surface area (Å²) in [6.07, 6.45) is -8.01. The molecule has 3 nitrogen and oxygen atoms in total. The van der Waals surface area contributed by atoms with Crippen molar-refractivity contribution in [2.45, 2.75) is 25.9 Å². The summed E-state index contributed by atoms with van der Waals surface area (Å²) in [5, 5.41) is 0. The number of ether oxygens (including phenoxy) is 1. The fraction of sp³-hybridized carbons (Fsp3) is 0.455. The largest absolute Gasteiger partial charge is 0.469 e. The zero-order valence-electron chi connectivity index (χ0n) is 10.0. The van der Waals surface area contributed by atoms with Crippen molar-refractivity contribution < 1.29 is 31.5 Å². The van der Waals surface area contributed by atoms with Crippen LogP contribution in [-0.4, -0.2) is 18.1 Å². The van der Waals surface area contributed by atoms with Gasteiger partial charge in [0, 0.05) is 6.20 Å². The minimum atomic E-state index is -4.85. The third kappa shape index (κ3) is 3.39. The molecule has 0 fully saturated rings. The second-order valence-electron chi connectivity index (χ2n) is 3.72. The first kappa shape index (κ1) is 15.3. The lowest BCUT2D eigenvalue weighted by Crippen LogP contribution is -2.17. The maximum Gasteiger partial charge on any atom is 0.417 e. The Morgan fingerprint density at radius 3 is 2.42 bits per heavy atom. The molecule has 0 aromatic carbocycles. The number of pyridine rings is 1. The van der Waals surface area contributed by atoms with Crippen LogP contribution in [-0.2, 0) is 22.1 Å². The Labute approximate surface area is 105 Å². The molecule has 0 aliphatic rings. The third-order valence-electron chi connectivity index (χ3n) is 2.49. The van der Waals surface area contributed by atoms with Crippen LogP contribution < -0.4 is 0 Å². The summed E-state index contributed by atoms with van der Waals surface area (Å²) in [5.74, 6) is -0.906. The highest BCUT2D eigenvalue weighted by atomic mass is 19.4. The minimum Gasteiger partial charge on any atom is -0.469 e. The zero-order valence-corrected chi connectivity index (χ0v) is 10.0. The zero-order chi connectivity index (χ0) is 14.8. The molecular formula is C11H10F5NO2. The average molecular weight is 283 g/mol. The van der Waals surface area contributed by atoms with Crippen LogP contribution in [0.2, 0.25) is 0 Å². The molecule has 0 amide bonds. The van der Waals surface area contributed by atoms with Crippen LogP contribution in [0.15, 0.2) is 6.20 Å². The molecule has 1 rings (SSSR count). The molecule has 0 N–H and O–H groups in total. The Kier molecular flexibility index (Phi) is 4.43. The van der Waals surface area contributed by atoms with Gasteiger partial charge in [0.1, 0.15) is 5.69 Å². The number of esters is 1. The van der Waals surface area contributed by atoms with E-state index in [4.69, 9.17) is 0 Å². The van der Waals surface area contributed by atoms with E-state index in [9.17, 15) is 26.7 Å². The van der Waals surface area contributed by atoms with Crippen molar-refractivity contribution in [1.82, 2.24) is 4.98 Å². The Balaban J connectivity index is 3.40. The van der Waals surface area contributed by atoms with E-state index >= 15 is 0 Å². The van der Waals surface area contributed by atoms with Crippen LogP contribution in [0.3, 0.4) is 0 Å². The molecule has 0 saturated carbocycles.